The van der Waals surface area contributed by atoms with Crippen molar-refractivity contribution in [3.63, 3.8) is 0 Å². The number of allylic oxidation sites excluding steroid dienone is 2. The lowest BCUT2D eigenvalue weighted by atomic mass is 9.98. The third-order valence-electron chi connectivity index (χ3n) is 4.29. The number of nitriles is 1. The Morgan fingerprint density at radius 1 is 1.56 bits per heavy atom. The number of nitrogens with one attached hydrogen (secondary N) is 2. The van der Waals surface area contributed by atoms with E-state index in [9.17, 15) is 0 Å². The molecule has 2 heterocycles. The van der Waals surface area contributed by atoms with E-state index in [1.54, 1.807) is 18.9 Å². The van der Waals surface area contributed by atoms with Crippen LogP contribution in [-0.2, 0) is 9.47 Å². The molecular formula is C19H23ClN4O2S. The van der Waals surface area contributed by atoms with Crippen molar-refractivity contribution in [3.8, 4) is 6.19 Å². The molecule has 0 saturated carbocycles. The zero-order chi connectivity index (χ0) is 19.4. The van der Waals surface area contributed by atoms with Gasteiger partial charge in [-0.25, -0.2) is 0 Å². The highest BCUT2D eigenvalue weighted by Crippen LogP contribution is 2.43. The molecule has 0 spiro atoms. The highest BCUT2D eigenvalue weighted by Gasteiger charge is 2.30. The van der Waals surface area contributed by atoms with Crippen molar-refractivity contribution in [2.24, 2.45) is 10.9 Å². The van der Waals surface area contributed by atoms with Gasteiger partial charge in [-0.05, 0) is 12.0 Å². The molecule has 0 bridgehead atoms. The minimum Gasteiger partial charge on any atom is -0.496 e. The maximum Gasteiger partial charge on any atom is 0.207 e. The van der Waals surface area contributed by atoms with Crippen molar-refractivity contribution in [1.82, 2.24) is 10.6 Å². The summed E-state index contributed by atoms with van der Waals surface area (Å²) in [7, 11) is 1.63. The summed E-state index contributed by atoms with van der Waals surface area (Å²) in [6.07, 6.45) is 5.14. The fraction of sp³-hybridized carbons (Fsp3) is 0.474. The molecule has 27 heavy (non-hydrogen) atoms. The summed E-state index contributed by atoms with van der Waals surface area (Å²) >= 11 is 8.13. The predicted molar refractivity (Wildman–Crippen MR) is 109 cm³/mol. The van der Waals surface area contributed by atoms with E-state index in [2.05, 4.69) is 29.5 Å². The second-order valence-electron chi connectivity index (χ2n) is 6.79. The number of methoxy groups -OCH3 is 1. The van der Waals surface area contributed by atoms with Gasteiger partial charge in [0.15, 0.2) is 0 Å². The molecule has 2 N–H and O–H groups in total. The normalized spacial score (nSPS) is 23.1. The van der Waals surface area contributed by atoms with Crippen LogP contribution >= 0.6 is 23.4 Å². The third kappa shape index (κ3) is 4.52. The Balaban J connectivity index is 1.99. The first-order chi connectivity index (χ1) is 13.0. The molecular weight excluding hydrogens is 384 g/mol. The summed E-state index contributed by atoms with van der Waals surface area (Å²) in [6.45, 7) is 6.24. The molecule has 0 aromatic heterocycles. The van der Waals surface area contributed by atoms with Gasteiger partial charge in [-0.1, -0.05) is 37.2 Å². The second-order valence-corrected chi connectivity index (χ2v) is 8.38. The summed E-state index contributed by atoms with van der Waals surface area (Å²) in [6, 6.07) is 0. The number of halogens is 1. The van der Waals surface area contributed by atoms with Gasteiger partial charge in [-0.15, -0.1) is 0 Å². The topological polar surface area (TPSA) is 78.7 Å². The van der Waals surface area contributed by atoms with E-state index in [4.69, 9.17) is 26.3 Å². The van der Waals surface area contributed by atoms with Crippen LogP contribution in [0.4, 0.5) is 0 Å². The van der Waals surface area contributed by atoms with Gasteiger partial charge in [0.1, 0.15) is 11.6 Å². The Morgan fingerprint density at radius 2 is 2.37 bits per heavy atom. The summed E-state index contributed by atoms with van der Waals surface area (Å²) in [4.78, 5) is 5.18. The molecule has 3 rings (SSSR count). The van der Waals surface area contributed by atoms with Crippen molar-refractivity contribution in [2.45, 2.75) is 26.7 Å². The molecule has 0 saturated heterocycles. The van der Waals surface area contributed by atoms with Crippen LogP contribution in [0.5, 0.6) is 0 Å². The summed E-state index contributed by atoms with van der Waals surface area (Å²) in [5, 5.41) is 17.6. The van der Waals surface area contributed by atoms with Crippen LogP contribution in [0, 0.1) is 17.4 Å². The maximum absolute atomic E-state index is 9.13. The SMILES string of the molecule is COC1=C(C(=NC#N)NCC(C)C)C=C(Cl)C/C1=C1\NC2=C(COCC2)S1. The van der Waals surface area contributed by atoms with Gasteiger partial charge >= 0.3 is 0 Å². The van der Waals surface area contributed by atoms with Crippen molar-refractivity contribution in [3.05, 3.63) is 43.6 Å². The van der Waals surface area contributed by atoms with Crippen LogP contribution in [0.25, 0.3) is 0 Å². The van der Waals surface area contributed by atoms with Gasteiger partial charge in [0, 0.05) is 40.6 Å². The summed E-state index contributed by atoms with van der Waals surface area (Å²) in [5.74, 6) is 1.56. The molecule has 0 aromatic rings. The standard InChI is InChI=1S/C19H23ClN4O2S/c1-11(2)8-22-18(23-10-21)13-6-12(20)7-14(17(13)25-3)19-24-15-4-5-26-9-16(15)27-19/h6,11,24H,4-5,7-9H2,1-3H3,(H,22,23)/b19-14-. The molecule has 0 unspecified atom stereocenters. The Kier molecular flexibility index (Phi) is 6.53. The van der Waals surface area contributed by atoms with Crippen LogP contribution in [-0.4, -0.2) is 32.7 Å². The predicted octanol–water partition coefficient (Wildman–Crippen LogP) is 3.72. The largest absolute Gasteiger partial charge is 0.496 e. The van der Waals surface area contributed by atoms with Crippen molar-refractivity contribution in [2.75, 3.05) is 26.9 Å². The zero-order valence-electron chi connectivity index (χ0n) is 15.7. The highest BCUT2D eigenvalue weighted by molar-refractivity contribution is 8.07. The van der Waals surface area contributed by atoms with E-state index >= 15 is 0 Å². The number of amidine groups is 1. The third-order valence-corrected chi connectivity index (χ3v) is 5.70. The molecule has 0 radical (unpaired) electrons. The van der Waals surface area contributed by atoms with E-state index in [0.717, 1.165) is 23.6 Å². The van der Waals surface area contributed by atoms with E-state index < -0.39 is 0 Å². The lowest BCUT2D eigenvalue weighted by molar-refractivity contribution is 0.151. The number of nitrogens with zero attached hydrogens (tertiary/aromatic N) is 2. The molecule has 3 aliphatic rings. The van der Waals surface area contributed by atoms with Gasteiger partial charge in [0.05, 0.1) is 30.9 Å². The van der Waals surface area contributed by atoms with Gasteiger partial charge in [0.2, 0.25) is 6.19 Å². The van der Waals surface area contributed by atoms with E-state index in [1.807, 2.05) is 12.3 Å². The van der Waals surface area contributed by atoms with Crippen molar-refractivity contribution < 1.29 is 9.47 Å². The molecule has 0 fully saturated rings. The first kappa shape index (κ1) is 19.9. The lowest BCUT2D eigenvalue weighted by Gasteiger charge is -2.23. The maximum atomic E-state index is 9.13. The molecule has 0 aromatic carbocycles. The number of ether oxygens (including phenoxy) is 2. The number of hydrogen-bond donors (Lipinski definition) is 2. The van der Waals surface area contributed by atoms with Crippen LogP contribution in [0.1, 0.15) is 26.7 Å². The average molecular weight is 407 g/mol. The minimum atomic E-state index is 0.407. The van der Waals surface area contributed by atoms with Gasteiger partial charge in [-0.2, -0.15) is 10.3 Å². The molecule has 8 heteroatoms. The molecule has 0 atom stereocenters. The molecule has 2 aliphatic heterocycles. The highest BCUT2D eigenvalue weighted by atomic mass is 35.5. The monoisotopic (exact) mass is 406 g/mol. The molecule has 1 aliphatic carbocycles. The van der Waals surface area contributed by atoms with E-state index in [1.165, 1.54) is 10.6 Å². The van der Waals surface area contributed by atoms with E-state index in [-0.39, 0.29) is 0 Å². The van der Waals surface area contributed by atoms with Crippen LogP contribution < -0.4 is 10.6 Å². The fourth-order valence-corrected chi connectivity index (χ4v) is 4.40. The quantitative estimate of drug-likeness (QED) is 0.421. The average Bonchev–Trinajstić information content (AvgIpc) is 3.08. The van der Waals surface area contributed by atoms with E-state index in [0.29, 0.717) is 47.7 Å². The number of thioether (sulfide) groups is 1. The second kappa shape index (κ2) is 8.87. The van der Waals surface area contributed by atoms with Crippen LogP contribution in [0.15, 0.2) is 48.6 Å². The fourth-order valence-electron chi connectivity index (χ4n) is 3.03. The summed E-state index contributed by atoms with van der Waals surface area (Å²) < 4.78 is 11.3. The Morgan fingerprint density at radius 3 is 3.04 bits per heavy atom. The number of aliphatic imine (C=N–C) groups is 1. The first-order valence-corrected chi connectivity index (χ1v) is 10.1. The first-order valence-electron chi connectivity index (χ1n) is 8.87. The Hall–Kier alpha value is -1.88. The van der Waals surface area contributed by atoms with Gasteiger partial charge in [0.25, 0.3) is 0 Å². The molecule has 6 nitrogen and oxygen atoms in total. The van der Waals surface area contributed by atoms with Crippen LogP contribution in [0.2, 0.25) is 0 Å². The zero-order valence-corrected chi connectivity index (χ0v) is 17.3. The Labute approximate surface area is 169 Å². The number of rotatable bonds is 4. The van der Waals surface area contributed by atoms with Crippen LogP contribution in [0.3, 0.4) is 0 Å². The Bertz CT molecular complexity index is 798. The number of hydrogen-bond acceptors (Lipinski definition) is 6. The molecule has 144 valence electrons. The minimum absolute atomic E-state index is 0.407. The smallest absolute Gasteiger partial charge is 0.207 e. The van der Waals surface area contributed by atoms with Crippen molar-refractivity contribution >= 4 is 29.2 Å². The lowest BCUT2D eigenvalue weighted by Crippen LogP contribution is -2.30. The summed E-state index contributed by atoms with van der Waals surface area (Å²) in [5.41, 5.74) is 2.87. The van der Waals surface area contributed by atoms with Gasteiger partial charge in [-0.3, -0.25) is 0 Å². The van der Waals surface area contributed by atoms with Gasteiger partial charge < -0.3 is 20.1 Å². The molecule has 0 amide bonds. The van der Waals surface area contributed by atoms with Crippen molar-refractivity contribution in [1.29, 1.82) is 5.26 Å².